The van der Waals surface area contributed by atoms with Gasteiger partial charge in [-0.15, -0.1) is 0 Å². The van der Waals surface area contributed by atoms with Crippen molar-refractivity contribution >= 4 is 23.5 Å². The highest BCUT2D eigenvalue weighted by molar-refractivity contribution is 6.30. The average Bonchev–Trinajstić information content (AvgIpc) is 3.10. The van der Waals surface area contributed by atoms with Crippen LogP contribution in [0.25, 0.3) is 5.69 Å². The van der Waals surface area contributed by atoms with Crippen molar-refractivity contribution in [2.24, 2.45) is 0 Å². The van der Waals surface area contributed by atoms with Crippen LogP contribution in [0.3, 0.4) is 0 Å². The van der Waals surface area contributed by atoms with E-state index in [-0.39, 0.29) is 10.4 Å². The number of halogens is 2. The summed E-state index contributed by atoms with van der Waals surface area (Å²) in [6.45, 7) is 6.05. The van der Waals surface area contributed by atoms with Gasteiger partial charge in [-0.1, -0.05) is 50.6 Å². The molecule has 0 aliphatic heterocycles. The molecule has 1 aromatic heterocycles. The van der Waals surface area contributed by atoms with Crippen LogP contribution in [-0.2, 0) is 5.41 Å². The molecule has 0 spiro atoms. The Morgan fingerprint density at radius 3 is 2.43 bits per heavy atom. The molecular weight excluding hydrogens is 381 g/mol. The van der Waals surface area contributed by atoms with Gasteiger partial charge >= 0.3 is 6.09 Å². The van der Waals surface area contributed by atoms with E-state index >= 15 is 0 Å². The highest BCUT2D eigenvalue weighted by Crippen LogP contribution is 2.29. The minimum absolute atomic E-state index is 0.0224. The number of amides is 1. The number of aromatic nitrogens is 2. The van der Waals surface area contributed by atoms with Crippen molar-refractivity contribution in [2.45, 2.75) is 26.2 Å². The minimum Gasteiger partial charge on any atom is -0.410 e. The third-order valence-electron chi connectivity index (χ3n) is 4.17. The van der Waals surface area contributed by atoms with Gasteiger partial charge in [-0.25, -0.2) is 13.9 Å². The predicted molar refractivity (Wildman–Crippen MR) is 108 cm³/mol. The SMILES string of the molecule is CN(C(=O)Oc1ccccc1)c1cc(C(C)(C)C)nn1-c1ccc(F)c(Cl)c1. The summed E-state index contributed by atoms with van der Waals surface area (Å²) in [5.74, 6) is 0.395. The van der Waals surface area contributed by atoms with E-state index in [1.165, 1.54) is 17.0 Å². The number of hydrogen-bond acceptors (Lipinski definition) is 3. The van der Waals surface area contributed by atoms with E-state index in [9.17, 15) is 9.18 Å². The molecule has 0 atom stereocenters. The molecule has 146 valence electrons. The number of carbonyl (C=O) groups excluding carboxylic acids is 1. The maximum absolute atomic E-state index is 13.6. The number of rotatable bonds is 3. The first kappa shape index (κ1) is 19.9. The van der Waals surface area contributed by atoms with Crippen LogP contribution >= 0.6 is 11.6 Å². The summed E-state index contributed by atoms with van der Waals surface area (Å²) in [7, 11) is 1.59. The zero-order valence-corrected chi connectivity index (χ0v) is 16.9. The first-order valence-electron chi connectivity index (χ1n) is 8.73. The van der Waals surface area contributed by atoms with Gasteiger partial charge in [0.2, 0.25) is 0 Å². The molecule has 0 bridgehead atoms. The average molecular weight is 402 g/mol. The molecule has 0 N–H and O–H groups in total. The second kappa shape index (κ2) is 7.64. The van der Waals surface area contributed by atoms with Gasteiger partial charge in [0.1, 0.15) is 17.4 Å². The Morgan fingerprint density at radius 1 is 1.14 bits per heavy atom. The Balaban J connectivity index is 2.01. The molecule has 0 fully saturated rings. The lowest BCUT2D eigenvalue weighted by atomic mass is 9.92. The first-order chi connectivity index (χ1) is 13.2. The van der Waals surface area contributed by atoms with E-state index < -0.39 is 11.9 Å². The van der Waals surface area contributed by atoms with E-state index in [1.807, 2.05) is 32.9 Å². The minimum atomic E-state index is -0.569. The Bertz CT molecular complexity index is 997. The summed E-state index contributed by atoms with van der Waals surface area (Å²) in [6.07, 6.45) is -0.569. The Labute approximate surface area is 168 Å². The second-order valence-corrected chi connectivity index (χ2v) is 7.80. The van der Waals surface area contributed by atoms with Crippen molar-refractivity contribution in [1.29, 1.82) is 0 Å². The van der Waals surface area contributed by atoms with Crippen LogP contribution in [0.5, 0.6) is 5.75 Å². The van der Waals surface area contributed by atoms with E-state index in [2.05, 4.69) is 5.10 Å². The molecule has 7 heteroatoms. The van der Waals surface area contributed by atoms with E-state index in [0.29, 0.717) is 17.3 Å². The zero-order valence-electron chi connectivity index (χ0n) is 16.1. The van der Waals surface area contributed by atoms with Crippen LogP contribution in [0, 0.1) is 5.82 Å². The van der Waals surface area contributed by atoms with Gasteiger partial charge in [-0.2, -0.15) is 5.10 Å². The van der Waals surface area contributed by atoms with Crippen LogP contribution in [0.15, 0.2) is 54.6 Å². The Kier molecular flexibility index (Phi) is 5.42. The third-order valence-corrected chi connectivity index (χ3v) is 4.46. The number of benzene rings is 2. The van der Waals surface area contributed by atoms with Crippen LogP contribution in [0.4, 0.5) is 15.0 Å². The molecule has 28 heavy (non-hydrogen) atoms. The van der Waals surface area contributed by atoms with Crippen molar-refractivity contribution < 1.29 is 13.9 Å². The Morgan fingerprint density at radius 2 is 1.82 bits per heavy atom. The van der Waals surface area contributed by atoms with E-state index in [0.717, 1.165) is 5.69 Å². The van der Waals surface area contributed by atoms with Crippen molar-refractivity contribution in [1.82, 2.24) is 9.78 Å². The predicted octanol–water partition coefficient (Wildman–Crippen LogP) is 5.60. The zero-order chi connectivity index (χ0) is 20.5. The normalized spacial score (nSPS) is 11.4. The van der Waals surface area contributed by atoms with Crippen LogP contribution in [0.1, 0.15) is 26.5 Å². The van der Waals surface area contributed by atoms with Gasteiger partial charge in [0.25, 0.3) is 0 Å². The fourth-order valence-electron chi connectivity index (χ4n) is 2.53. The lowest BCUT2D eigenvalue weighted by Crippen LogP contribution is -2.31. The van der Waals surface area contributed by atoms with Gasteiger partial charge in [-0.3, -0.25) is 4.90 Å². The van der Waals surface area contributed by atoms with Crippen molar-refractivity contribution in [2.75, 3.05) is 11.9 Å². The first-order valence-corrected chi connectivity index (χ1v) is 9.11. The fourth-order valence-corrected chi connectivity index (χ4v) is 2.71. The number of ether oxygens (including phenoxy) is 1. The summed E-state index contributed by atoms with van der Waals surface area (Å²) < 4.78 is 20.6. The third kappa shape index (κ3) is 4.17. The monoisotopic (exact) mass is 401 g/mol. The molecule has 3 aromatic rings. The Hall–Kier alpha value is -2.86. The largest absolute Gasteiger partial charge is 0.420 e. The number of carbonyl (C=O) groups is 1. The highest BCUT2D eigenvalue weighted by Gasteiger charge is 2.25. The van der Waals surface area contributed by atoms with Gasteiger partial charge < -0.3 is 4.74 Å². The molecule has 2 aromatic carbocycles. The molecule has 3 rings (SSSR count). The fraction of sp³-hybridized carbons (Fsp3) is 0.238. The number of para-hydroxylation sites is 1. The summed E-state index contributed by atoms with van der Waals surface area (Å²) in [4.78, 5) is 14.0. The van der Waals surface area contributed by atoms with Crippen molar-refractivity contribution in [3.05, 3.63) is 71.1 Å². The van der Waals surface area contributed by atoms with E-state index in [1.54, 1.807) is 42.1 Å². The van der Waals surface area contributed by atoms with Gasteiger partial charge in [-0.05, 0) is 30.3 Å². The molecule has 0 unspecified atom stereocenters. The molecule has 5 nitrogen and oxygen atoms in total. The summed E-state index contributed by atoms with van der Waals surface area (Å²) in [6, 6.07) is 14.9. The maximum Gasteiger partial charge on any atom is 0.420 e. The van der Waals surface area contributed by atoms with Gasteiger partial charge in [0.15, 0.2) is 0 Å². The van der Waals surface area contributed by atoms with Crippen LogP contribution in [0.2, 0.25) is 5.02 Å². The van der Waals surface area contributed by atoms with Gasteiger partial charge in [0, 0.05) is 18.5 Å². The summed E-state index contributed by atoms with van der Waals surface area (Å²) in [5.41, 5.74) is 1.05. The highest BCUT2D eigenvalue weighted by atomic mass is 35.5. The standard InChI is InChI=1S/C21H21ClFN3O2/c1-21(2,3)18-13-19(25(4)20(27)28-15-8-6-5-7-9-15)26(24-18)14-10-11-17(23)16(22)12-14/h5-13H,1-4H3. The van der Waals surface area contributed by atoms with Crippen molar-refractivity contribution in [3.8, 4) is 11.4 Å². The molecule has 1 heterocycles. The molecule has 0 saturated heterocycles. The lowest BCUT2D eigenvalue weighted by molar-refractivity contribution is 0.208. The summed E-state index contributed by atoms with van der Waals surface area (Å²) >= 11 is 5.94. The number of nitrogens with zero attached hydrogens (tertiary/aromatic N) is 3. The number of hydrogen-bond donors (Lipinski definition) is 0. The lowest BCUT2D eigenvalue weighted by Gasteiger charge is -2.18. The maximum atomic E-state index is 13.6. The van der Waals surface area contributed by atoms with E-state index in [4.69, 9.17) is 16.3 Å². The topological polar surface area (TPSA) is 47.4 Å². The molecule has 1 amide bonds. The molecule has 0 aliphatic carbocycles. The van der Waals surface area contributed by atoms with Crippen LogP contribution < -0.4 is 9.64 Å². The summed E-state index contributed by atoms with van der Waals surface area (Å²) in [5, 5.41) is 4.60. The van der Waals surface area contributed by atoms with Crippen molar-refractivity contribution in [3.63, 3.8) is 0 Å². The molecular formula is C21H21ClFN3O2. The van der Waals surface area contributed by atoms with Gasteiger partial charge in [0.05, 0.1) is 16.4 Å². The molecule has 0 saturated carbocycles. The second-order valence-electron chi connectivity index (χ2n) is 7.39. The smallest absolute Gasteiger partial charge is 0.410 e. The van der Waals surface area contributed by atoms with Crippen LogP contribution in [-0.4, -0.2) is 22.9 Å². The molecule has 0 aliphatic rings. The number of anilines is 1. The molecule has 0 radical (unpaired) electrons. The quantitative estimate of drug-likeness (QED) is 0.574.